The van der Waals surface area contributed by atoms with Crippen LogP contribution in [0.5, 0.6) is 11.6 Å². The number of pyridine rings is 1. The molecular weight excluding hydrogens is 329 g/mol. The highest BCUT2D eigenvalue weighted by Gasteiger charge is 2.11. The minimum absolute atomic E-state index is 0.177. The van der Waals surface area contributed by atoms with E-state index in [0.717, 1.165) is 4.47 Å². The summed E-state index contributed by atoms with van der Waals surface area (Å²) in [5.74, 6) is 1.05. The van der Waals surface area contributed by atoms with Gasteiger partial charge in [-0.15, -0.1) is 11.6 Å². The predicted octanol–water partition coefficient (Wildman–Crippen LogP) is 3.82. The number of rotatable bonds is 3. The zero-order chi connectivity index (χ0) is 12.3. The van der Waals surface area contributed by atoms with E-state index in [0.29, 0.717) is 17.2 Å². The number of aromatic nitrogens is 3. The topological polar surface area (TPSA) is 47.9 Å². The van der Waals surface area contributed by atoms with Gasteiger partial charge in [0.05, 0.1) is 17.6 Å². The minimum Gasteiger partial charge on any atom is -0.437 e. The van der Waals surface area contributed by atoms with Crippen LogP contribution in [0.4, 0.5) is 0 Å². The fraction of sp³-hybridized carbons (Fsp3) is 0.100. The molecule has 0 N–H and O–H groups in total. The van der Waals surface area contributed by atoms with Crippen LogP contribution in [0.25, 0.3) is 0 Å². The molecule has 88 valence electrons. The molecule has 0 aliphatic carbocycles. The number of halogens is 3. The van der Waals surface area contributed by atoms with E-state index in [1.807, 2.05) is 0 Å². The van der Waals surface area contributed by atoms with Gasteiger partial charge >= 0.3 is 0 Å². The lowest BCUT2D eigenvalue weighted by Gasteiger charge is -2.08. The molecule has 0 aliphatic rings. The highest BCUT2D eigenvalue weighted by molar-refractivity contribution is 9.10. The van der Waals surface area contributed by atoms with Crippen LogP contribution < -0.4 is 4.74 Å². The quantitative estimate of drug-likeness (QED) is 0.632. The van der Waals surface area contributed by atoms with E-state index in [4.69, 9.17) is 27.9 Å². The molecule has 2 aromatic heterocycles. The van der Waals surface area contributed by atoms with Crippen LogP contribution in [0.2, 0.25) is 5.15 Å². The van der Waals surface area contributed by atoms with Gasteiger partial charge in [-0.05, 0) is 22.0 Å². The summed E-state index contributed by atoms with van der Waals surface area (Å²) < 4.78 is 6.36. The standard InChI is InChI=1S/C10H6BrCl2N3O/c11-6-1-7(4-14-3-6)17-10-8(2-12)9(13)15-5-16-10/h1,3-5H,2H2. The van der Waals surface area contributed by atoms with Gasteiger partial charge in [-0.2, -0.15) is 0 Å². The average molecular weight is 335 g/mol. The second kappa shape index (κ2) is 5.62. The molecule has 0 fully saturated rings. The minimum atomic E-state index is 0.177. The Morgan fingerprint density at radius 3 is 2.82 bits per heavy atom. The van der Waals surface area contributed by atoms with Crippen molar-refractivity contribution in [1.82, 2.24) is 15.0 Å². The summed E-state index contributed by atoms with van der Waals surface area (Å²) in [6.45, 7) is 0. The zero-order valence-electron chi connectivity index (χ0n) is 8.40. The van der Waals surface area contributed by atoms with Crippen LogP contribution in [-0.2, 0) is 5.88 Å². The Hall–Kier alpha value is -0.910. The van der Waals surface area contributed by atoms with Gasteiger partial charge in [0.2, 0.25) is 5.88 Å². The molecule has 2 heterocycles. The van der Waals surface area contributed by atoms with Crippen molar-refractivity contribution in [3.8, 4) is 11.6 Å². The average Bonchev–Trinajstić information content (AvgIpc) is 2.29. The van der Waals surface area contributed by atoms with Gasteiger partial charge in [-0.1, -0.05) is 11.6 Å². The van der Waals surface area contributed by atoms with Gasteiger partial charge in [0.1, 0.15) is 17.2 Å². The van der Waals surface area contributed by atoms with Crippen molar-refractivity contribution in [3.05, 3.63) is 40.0 Å². The molecular formula is C10H6BrCl2N3O. The first-order valence-corrected chi connectivity index (χ1v) is 6.25. The Kier molecular flexibility index (Phi) is 4.15. The Morgan fingerprint density at radius 1 is 1.29 bits per heavy atom. The summed E-state index contributed by atoms with van der Waals surface area (Å²) in [5.41, 5.74) is 0.552. The molecule has 7 heteroatoms. The highest BCUT2D eigenvalue weighted by atomic mass is 79.9. The molecule has 2 aromatic rings. The van der Waals surface area contributed by atoms with Crippen molar-refractivity contribution in [2.24, 2.45) is 0 Å². The van der Waals surface area contributed by atoms with Gasteiger partial charge in [0, 0.05) is 10.7 Å². The van der Waals surface area contributed by atoms with E-state index >= 15 is 0 Å². The van der Waals surface area contributed by atoms with Gasteiger partial charge in [-0.25, -0.2) is 9.97 Å². The second-order valence-electron chi connectivity index (χ2n) is 3.02. The molecule has 0 aromatic carbocycles. The molecule has 0 saturated heterocycles. The zero-order valence-corrected chi connectivity index (χ0v) is 11.5. The Morgan fingerprint density at radius 2 is 2.12 bits per heavy atom. The fourth-order valence-electron chi connectivity index (χ4n) is 1.14. The molecule has 4 nitrogen and oxygen atoms in total. The maximum Gasteiger partial charge on any atom is 0.228 e. The summed E-state index contributed by atoms with van der Waals surface area (Å²) in [6, 6.07) is 1.76. The molecule has 0 bridgehead atoms. The number of ether oxygens (including phenoxy) is 1. The van der Waals surface area contributed by atoms with Crippen molar-refractivity contribution in [1.29, 1.82) is 0 Å². The second-order valence-corrected chi connectivity index (χ2v) is 4.56. The maximum atomic E-state index is 5.89. The lowest BCUT2D eigenvalue weighted by atomic mass is 10.3. The monoisotopic (exact) mass is 333 g/mol. The third-order valence-electron chi connectivity index (χ3n) is 1.88. The van der Waals surface area contributed by atoms with Crippen molar-refractivity contribution >= 4 is 39.1 Å². The molecule has 0 atom stereocenters. The SMILES string of the molecule is ClCc1c(Cl)ncnc1Oc1cncc(Br)c1. The highest BCUT2D eigenvalue weighted by Crippen LogP contribution is 2.28. The number of alkyl halides is 1. The van der Waals surface area contributed by atoms with Crippen molar-refractivity contribution < 1.29 is 4.74 Å². The molecule has 0 spiro atoms. The summed E-state index contributed by atoms with van der Waals surface area (Å²) in [5, 5.41) is 0.285. The van der Waals surface area contributed by atoms with E-state index in [2.05, 4.69) is 30.9 Å². The van der Waals surface area contributed by atoms with Crippen LogP contribution in [0, 0.1) is 0 Å². The van der Waals surface area contributed by atoms with E-state index in [1.165, 1.54) is 6.33 Å². The van der Waals surface area contributed by atoms with Gasteiger partial charge < -0.3 is 4.74 Å². The normalized spacial score (nSPS) is 10.3. The summed E-state index contributed by atoms with van der Waals surface area (Å²) >= 11 is 15.0. The first kappa shape index (κ1) is 12.5. The lowest BCUT2D eigenvalue weighted by molar-refractivity contribution is 0.454. The molecule has 2 rings (SSSR count). The van der Waals surface area contributed by atoms with Crippen LogP contribution in [-0.4, -0.2) is 15.0 Å². The molecule has 17 heavy (non-hydrogen) atoms. The van der Waals surface area contributed by atoms with Crippen LogP contribution in [0.1, 0.15) is 5.56 Å². The molecule has 0 radical (unpaired) electrons. The van der Waals surface area contributed by atoms with Crippen molar-refractivity contribution in [2.45, 2.75) is 5.88 Å². The largest absolute Gasteiger partial charge is 0.437 e. The summed E-state index contributed by atoms with van der Waals surface area (Å²) in [6.07, 6.45) is 4.54. The summed E-state index contributed by atoms with van der Waals surface area (Å²) in [4.78, 5) is 11.8. The molecule has 0 amide bonds. The molecule has 0 saturated carbocycles. The smallest absolute Gasteiger partial charge is 0.228 e. The van der Waals surface area contributed by atoms with Crippen LogP contribution in [0.15, 0.2) is 29.3 Å². The lowest BCUT2D eigenvalue weighted by Crippen LogP contribution is -1.96. The van der Waals surface area contributed by atoms with Gasteiger partial charge in [0.25, 0.3) is 0 Å². The number of hydrogen-bond donors (Lipinski definition) is 0. The maximum absolute atomic E-state index is 5.89. The van der Waals surface area contributed by atoms with Crippen LogP contribution in [0.3, 0.4) is 0 Å². The van der Waals surface area contributed by atoms with Crippen LogP contribution >= 0.6 is 39.1 Å². The Bertz CT molecular complexity index is 539. The Labute approximate surface area is 116 Å². The first-order valence-electron chi connectivity index (χ1n) is 4.54. The van der Waals surface area contributed by atoms with Crippen molar-refractivity contribution in [3.63, 3.8) is 0 Å². The Balaban J connectivity index is 2.33. The van der Waals surface area contributed by atoms with E-state index in [-0.39, 0.29) is 11.0 Å². The first-order chi connectivity index (χ1) is 8.20. The van der Waals surface area contributed by atoms with Gasteiger partial charge in [0.15, 0.2) is 0 Å². The van der Waals surface area contributed by atoms with E-state index in [9.17, 15) is 0 Å². The third kappa shape index (κ3) is 3.06. The third-order valence-corrected chi connectivity index (χ3v) is 2.91. The molecule has 0 aliphatic heterocycles. The molecule has 0 unspecified atom stereocenters. The van der Waals surface area contributed by atoms with Gasteiger partial charge in [-0.3, -0.25) is 4.98 Å². The summed E-state index contributed by atoms with van der Waals surface area (Å²) in [7, 11) is 0. The number of hydrogen-bond acceptors (Lipinski definition) is 4. The van der Waals surface area contributed by atoms with E-state index in [1.54, 1.807) is 18.5 Å². The van der Waals surface area contributed by atoms with Crippen molar-refractivity contribution in [2.75, 3.05) is 0 Å². The predicted molar refractivity (Wildman–Crippen MR) is 68.6 cm³/mol. The van der Waals surface area contributed by atoms with E-state index < -0.39 is 0 Å². The number of nitrogens with zero attached hydrogens (tertiary/aromatic N) is 3. The fourth-order valence-corrected chi connectivity index (χ4v) is 1.98.